The first-order chi connectivity index (χ1) is 22.7. The molecule has 0 radical (unpaired) electrons. The molecule has 1 aromatic carbocycles. The van der Waals surface area contributed by atoms with Gasteiger partial charge in [-0.25, -0.2) is 14.6 Å². The van der Waals surface area contributed by atoms with Gasteiger partial charge in [-0.1, -0.05) is 37.1 Å². The predicted molar refractivity (Wildman–Crippen MR) is 182 cm³/mol. The van der Waals surface area contributed by atoms with Gasteiger partial charge in [-0.05, 0) is 88.7 Å². The van der Waals surface area contributed by atoms with Gasteiger partial charge < -0.3 is 19.5 Å². The summed E-state index contributed by atoms with van der Waals surface area (Å²) < 4.78 is 50.6. The van der Waals surface area contributed by atoms with Crippen molar-refractivity contribution in [1.82, 2.24) is 19.7 Å². The Morgan fingerprint density at radius 1 is 1.02 bits per heavy atom. The number of rotatable bonds is 7. The van der Waals surface area contributed by atoms with Crippen LogP contribution in [0, 0.1) is 10.8 Å². The zero-order valence-corrected chi connectivity index (χ0v) is 28.4. The second-order valence-electron chi connectivity index (χ2n) is 13.3. The Hall–Kier alpha value is -4.26. The van der Waals surface area contributed by atoms with E-state index in [0.29, 0.717) is 36.1 Å². The molecule has 5 rings (SSSR count). The topological polar surface area (TPSA) is 105 Å². The number of carbonyl (C=O) groups is 1. The van der Waals surface area contributed by atoms with Crippen LogP contribution in [0.1, 0.15) is 58.9 Å². The third-order valence-corrected chi connectivity index (χ3v) is 9.21. The highest BCUT2D eigenvalue weighted by Gasteiger charge is 2.48. The van der Waals surface area contributed by atoms with Crippen LogP contribution in [-0.4, -0.2) is 56.7 Å². The fourth-order valence-electron chi connectivity index (χ4n) is 5.25. The average Bonchev–Trinajstić information content (AvgIpc) is 3.52. The van der Waals surface area contributed by atoms with E-state index in [2.05, 4.69) is 25.8 Å². The summed E-state index contributed by atoms with van der Waals surface area (Å²) in [4.78, 5) is 24.5. The number of aryl methyl sites for hydroxylation is 1. The van der Waals surface area contributed by atoms with Gasteiger partial charge in [0.25, 0.3) is 0 Å². The predicted octanol–water partition coefficient (Wildman–Crippen LogP) is 8.45. The molecule has 4 bridgehead atoms. The summed E-state index contributed by atoms with van der Waals surface area (Å²) in [5.74, 6) is 0.540. The number of halogens is 3. The van der Waals surface area contributed by atoms with Gasteiger partial charge in [-0.15, -0.1) is 5.10 Å². The number of benzene rings is 1. The number of nitrogens with one attached hydrogen (secondary N) is 1. The third kappa shape index (κ3) is 8.41. The molecule has 3 aromatic heterocycles. The van der Waals surface area contributed by atoms with E-state index in [4.69, 9.17) is 9.72 Å². The maximum Gasteiger partial charge on any atom is 0.397 e. The highest BCUT2D eigenvalue weighted by molar-refractivity contribution is 8.00. The maximum atomic E-state index is 13.4. The van der Waals surface area contributed by atoms with Crippen molar-refractivity contribution in [2.45, 2.75) is 70.9 Å². The normalized spacial score (nSPS) is 14.9. The number of ether oxygens (including phenoxy) is 1. The molecular formula is C35H41F3N6O3S. The molecule has 1 aliphatic rings. The van der Waals surface area contributed by atoms with E-state index in [1.165, 1.54) is 11.9 Å². The molecule has 0 saturated heterocycles. The lowest BCUT2D eigenvalue weighted by Crippen LogP contribution is -2.40. The van der Waals surface area contributed by atoms with Gasteiger partial charge in [0.15, 0.2) is 0 Å². The van der Waals surface area contributed by atoms with E-state index in [1.54, 1.807) is 37.0 Å². The van der Waals surface area contributed by atoms with Crippen LogP contribution in [-0.2, 0) is 11.2 Å². The quantitative estimate of drug-likeness (QED) is 0.186. The van der Waals surface area contributed by atoms with Crippen LogP contribution >= 0.6 is 11.9 Å². The Morgan fingerprint density at radius 3 is 2.56 bits per heavy atom. The van der Waals surface area contributed by atoms with E-state index < -0.39 is 29.6 Å². The van der Waals surface area contributed by atoms with Crippen molar-refractivity contribution in [3.8, 4) is 22.8 Å². The second-order valence-corrected chi connectivity index (χ2v) is 14.2. The minimum Gasteiger partial charge on any atom is -0.481 e. The van der Waals surface area contributed by atoms with Crippen LogP contribution in [0.4, 0.5) is 24.8 Å². The summed E-state index contributed by atoms with van der Waals surface area (Å²) in [6.45, 7) is 6.11. The zero-order valence-electron chi connectivity index (χ0n) is 27.5. The fraction of sp³-hybridized carbons (Fsp3) is 0.429. The number of carboxylic acid groups (broad SMARTS) is 1. The monoisotopic (exact) mass is 682 g/mol. The van der Waals surface area contributed by atoms with Crippen molar-refractivity contribution < 1.29 is 27.8 Å². The van der Waals surface area contributed by atoms with Crippen molar-refractivity contribution in [2.24, 2.45) is 10.8 Å². The van der Waals surface area contributed by atoms with Gasteiger partial charge >= 0.3 is 12.1 Å². The van der Waals surface area contributed by atoms with Crippen LogP contribution < -0.4 is 14.4 Å². The first kappa shape index (κ1) is 35.1. The van der Waals surface area contributed by atoms with Crippen LogP contribution in [0.15, 0.2) is 71.9 Å². The smallest absolute Gasteiger partial charge is 0.397 e. The van der Waals surface area contributed by atoms with Crippen molar-refractivity contribution in [1.29, 1.82) is 0 Å². The third-order valence-electron chi connectivity index (χ3n) is 8.41. The number of aliphatic carboxylic acids is 1. The number of alkyl halides is 3. The molecule has 0 saturated carbocycles. The van der Waals surface area contributed by atoms with Crippen LogP contribution in [0.5, 0.6) is 5.88 Å². The molecule has 1 aliphatic heterocycles. The van der Waals surface area contributed by atoms with E-state index in [0.717, 1.165) is 62.0 Å². The molecule has 48 heavy (non-hydrogen) atoms. The number of pyridine rings is 2. The van der Waals surface area contributed by atoms with Crippen LogP contribution in [0.3, 0.4) is 0 Å². The van der Waals surface area contributed by atoms with Gasteiger partial charge in [0, 0.05) is 42.0 Å². The molecule has 4 heterocycles. The molecule has 13 heteroatoms. The maximum absolute atomic E-state index is 13.4. The van der Waals surface area contributed by atoms with Crippen molar-refractivity contribution >= 4 is 29.6 Å². The molecule has 0 unspecified atom stereocenters. The van der Waals surface area contributed by atoms with Crippen molar-refractivity contribution in [3.05, 3.63) is 72.6 Å². The minimum atomic E-state index is -4.41. The Labute approximate surface area is 283 Å². The molecule has 0 fully saturated rings. The lowest BCUT2D eigenvalue weighted by molar-refractivity contribution is -0.219. The largest absolute Gasteiger partial charge is 0.481 e. The number of nitrogens with zero attached hydrogens (tertiary/aromatic N) is 5. The summed E-state index contributed by atoms with van der Waals surface area (Å²) >= 11 is 1.37. The van der Waals surface area contributed by atoms with E-state index >= 15 is 0 Å². The summed E-state index contributed by atoms with van der Waals surface area (Å²) in [6.07, 6.45) is 3.59. The molecular weight excluding hydrogens is 641 g/mol. The van der Waals surface area contributed by atoms with Crippen LogP contribution in [0.2, 0.25) is 0 Å². The Bertz CT molecular complexity index is 1730. The van der Waals surface area contributed by atoms with Gasteiger partial charge in [0.1, 0.15) is 18.2 Å². The highest BCUT2D eigenvalue weighted by Crippen LogP contribution is 2.38. The van der Waals surface area contributed by atoms with Gasteiger partial charge in [0.05, 0.1) is 22.2 Å². The summed E-state index contributed by atoms with van der Waals surface area (Å²) in [5.41, 5.74) is 0.406. The first-order valence-electron chi connectivity index (χ1n) is 16.0. The zero-order chi connectivity index (χ0) is 34.5. The number of hydrogen-bond acceptors (Lipinski definition) is 8. The van der Waals surface area contributed by atoms with Gasteiger partial charge in [0.2, 0.25) is 5.88 Å². The fourth-order valence-corrected chi connectivity index (χ4v) is 5.88. The van der Waals surface area contributed by atoms with E-state index in [9.17, 15) is 23.1 Å². The van der Waals surface area contributed by atoms with E-state index in [1.807, 2.05) is 42.5 Å². The lowest BCUT2D eigenvalue weighted by Gasteiger charge is -2.31. The molecule has 0 amide bonds. The van der Waals surface area contributed by atoms with E-state index in [-0.39, 0.29) is 5.88 Å². The second kappa shape index (κ2) is 14.5. The van der Waals surface area contributed by atoms with Crippen LogP contribution in [0.25, 0.3) is 16.9 Å². The minimum absolute atomic E-state index is 0.0871. The Kier molecular flexibility index (Phi) is 10.6. The molecule has 0 atom stereocenters. The van der Waals surface area contributed by atoms with Gasteiger partial charge in [-0.2, -0.15) is 13.2 Å². The van der Waals surface area contributed by atoms with Crippen molar-refractivity contribution in [3.63, 3.8) is 0 Å². The summed E-state index contributed by atoms with van der Waals surface area (Å²) in [7, 11) is 0. The molecule has 256 valence electrons. The average molecular weight is 683 g/mol. The number of anilines is 2. The summed E-state index contributed by atoms with van der Waals surface area (Å²) in [5, 5.41) is 14.3. The molecule has 9 nitrogen and oxygen atoms in total. The molecule has 2 N–H and O–H groups in total. The first-order valence-corrected chi connectivity index (χ1v) is 16.8. The SMILES string of the molecule is CC(C)(CN1CCCCCCc2ccccc2-c2nc(ccc2-n2ccc(OCC(C)(C)C(F)(F)F)n2)NSc2ccnc1c2)C(=O)O. The Balaban J connectivity index is 1.47. The number of fused-ring (bicyclic) bond motifs is 6. The number of hydrogen-bond donors (Lipinski definition) is 2. The standard InChI is InChI=1S/C35H41F3N6O3S/c1-33(2,32(45)46)22-43-19-10-6-5-7-11-24-12-8-9-13-26(24)31-27(14-15-28(40-31)42-48-25-16-18-39-29(43)21-25)44-20-17-30(41-44)47-23-34(3,4)35(36,37)38/h8-9,12-18,20-21H,5-7,10-11,19,22-23H2,1-4H3,(H,40,42)(H,45,46). The van der Waals surface area contributed by atoms with Crippen molar-refractivity contribution in [2.75, 3.05) is 29.3 Å². The molecule has 0 aliphatic carbocycles. The molecule has 0 spiro atoms. The van der Waals surface area contributed by atoms with Gasteiger partial charge in [-0.3, -0.25) is 4.79 Å². The Morgan fingerprint density at radius 2 is 1.79 bits per heavy atom. The highest BCUT2D eigenvalue weighted by atomic mass is 32.2. The number of aromatic nitrogens is 4. The summed E-state index contributed by atoms with van der Waals surface area (Å²) in [6, 6.07) is 17.2. The molecule has 4 aromatic rings. The lowest BCUT2D eigenvalue weighted by atomic mass is 9.93. The number of carboxylic acids is 1.